The van der Waals surface area contributed by atoms with E-state index in [4.69, 9.17) is 5.11 Å². The van der Waals surface area contributed by atoms with Crippen LogP contribution in [0.4, 0.5) is 0 Å². The van der Waals surface area contributed by atoms with Gasteiger partial charge >= 0.3 is 5.97 Å². The van der Waals surface area contributed by atoms with Gasteiger partial charge in [0, 0.05) is 18.8 Å². The van der Waals surface area contributed by atoms with Crippen molar-refractivity contribution in [3.05, 3.63) is 30.1 Å². The minimum Gasteiger partial charge on any atom is -0.480 e. The minimum atomic E-state index is -1.03. The Morgan fingerprint density at radius 3 is 2.62 bits per heavy atom. The highest BCUT2D eigenvalue weighted by Crippen LogP contribution is 2.00. The molecule has 5 heteroatoms. The molecule has 86 valence electrons. The molecule has 1 aromatic rings. The number of nitrogens with zero attached hydrogens (tertiary/aromatic N) is 1. The first-order valence-electron chi connectivity index (χ1n) is 5.00. The summed E-state index contributed by atoms with van der Waals surface area (Å²) in [6, 6.07) is 2.81. The van der Waals surface area contributed by atoms with Crippen LogP contribution < -0.4 is 5.32 Å². The number of pyridine rings is 1. The summed E-state index contributed by atoms with van der Waals surface area (Å²) in [4.78, 5) is 25.7. The number of carboxylic acid groups (broad SMARTS) is 1. The molecule has 1 atom stereocenters. The van der Waals surface area contributed by atoms with Crippen LogP contribution in [-0.2, 0) is 16.0 Å². The first kappa shape index (κ1) is 12.2. The Kier molecular flexibility index (Phi) is 4.44. The second-order valence-electron chi connectivity index (χ2n) is 3.48. The number of rotatable bonds is 5. The van der Waals surface area contributed by atoms with Crippen molar-refractivity contribution in [2.45, 2.75) is 25.8 Å². The van der Waals surface area contributed by atoms with E-state index in [1.54, 1.807) is 12.4 Å². The van der Waals surface area contributed by atoms with Crippen LogP contribution in [0.25, 0.3) is 0 Å². The van der Waals surface area contributed by atoms with Gasteiger partial charge in [0.05, 0.1) is 0 Å². The number of aromatic nitrogens is 1. The number of nitrogens with one attached hydrogen (secondary N) is 1. The fourth-order valence-corrected chi connectivity index (χ4v) is 1.18. The van der Waals surface area contributed by atoms with Gasteiger partial charge in [0.2, 0.25) is 5.91 Å². The Balaban J connectivity index is 2.33. The Labute approximate surface area is 93.5 Å². The number of carboxylic acids is 1. The van der Waals surface area contributed by atoms with Crippen molar-refractivity contribution in [1.82, 2.24) is 10.3 Å². The number of carbonyl (C=O) groups excluding carboxylic acids is 1. The molecule has 1 rings (SSSR count). The molecule has 1 unspecified atom stereocenters. The van der Waals surface area contributed by atoms with Crippen LogP contribution in [0.15, 0.2) is 24.5 Å². The molecule has 0 saturated heterocycles. The third-order valence-corrected chi connectivity index (χ3v) is 2.14. The Bertz CT molecular complexity index is 365. The molecule has 0 aliphatic heterocycles. The summed E-state index contributed by atoms with van der Waals surface area (Å²) >= 11 is 0. The lowest BCUT2D eigenvalue weighted by molar-refractivity contribution is -0.141. The summed E-state index contributed by atoms with van der Waals surface area (Å²) in [6.45, 7) is 1.44. The monoisotopic (exact) mass is 222 g/mol. The smallest absolute Gasteiger partial charge is 0.325 e. The molecular weight excluding hydrogens is 208 g/mol. The first-order chi connectivity index (χ1) is 7.59. The van der Waals surface area contributed by atoms with Gasteiger partial charge in [-0.15, -0.1) is 0 Å². The van der Waals surface area contributed by atoms with Gasteiger partial charge < -0.3 is 10.4 Å². The third kappa shape index (κ3) is 4.08. The average Bonchev–Trinajstić information content (AvgIpc) is 2.27. The normalized spacial score (nSPS) is 11.8. The molecule has 0 aliphatic carbocycles. The largest absolute Gasteiger partial charge is 0.480 e. The third-order valence-electron chi connectivity index (χ3n) is 2.14. The molecule has 5 nitrogen and oxygen atoms in total. The van der Waals surface area contributed by atoms with Crippen LogP contribution in [-0.4, -0.2) is 28.0 Å². The highest BCUT2D eigenvalue weighted by Gasteiger charge is 2.13. The van der Waals surface area contributed by atoms with Gasteiger partial charge in [0.15, 0.2) is 0 Å². The summed E-state index contributed by atoms with van der Waals surface area (Å²) < 4.78 is 0. The molecule has 1 heterocycles. The van der Waals surface area contributed by atoms with E-state index in [2.05, 4.69) is 10.3 Å². The lowest BCUT2D eigenvalue weighted by Crippen LogP contribution is -2.38. The van der Waals surface area contributed by atoms with E-state index in [-0.39, 0.29) is 12.3 Å². The van der Waals surface area contributed by atoms with Crippen LogP contribution >= 0.6 is 0 Å². The summed E-state index contributed by atoms with van der Waals surface area (Å²) in [5.74, 6) is -1.29. The maximum atomic E-state index is 11.3. The number of amides is 1. The molecule has 0 aliphatic rings. The summed E-state index contributed by atoms with van der Waals surface area (Å²) in [5, 5.41) is 11.0. The maximum Gasteiger partial charge on any atom is 0.325 e. The van der Waals surface area contributed by atoms with Crippen LogP contribution in [0.3, 0.4) is 0 Å². The molecule has 1 aromatic heterocycles. The molecule has 2 N–H and O–H groups in total. The van der Waals surface area contributed by atoms with Crippen molar-refractivity contribution in [1.29, 1.82) is 0 Å². The summed E-state index contributed by atoms with van der Waals surface area (Å²) in [6.07, 6.45) is 4.18. The second kappa shape index (κ2) is 5.85. The van der Waals surface area contributed by atoms with E-state index >= 15 is 0 Å². The Hall–Kier alpha value is -1.91. The van der Waals surface area contributed by atoms with E-state index in [0.717, 1.165) is 5.56 Å². The van der Waals surface area contributed by atoms with Crippen LogP contribution in [0.2, 0.25) is 0 Å². The predicted octanol–water partition coefficient (Wildman–Crippen LogP) is 0.603. The number of aryl methyl sites for hydroxylation is 1. The lowest BCUT2D eigenvalue weighted by atomic mass is 10.1. The van der Waals surface area contributed by atoms with Gasteiger partial charge in [-0.3, -0.25) is 14.6 Å². The van der Waals surface area contributed by atoms with Crippen molar-refractivity contribution >= 4 is 11.9 Å². The van der Waals surface area contributed by atoms with Crippen LogP contribution in [0.1, 0.15) is 18.9 Å². The number of hydrogen-bond donors (Lipinski definition) is 2. The molecule has 0 spiro atoms. The van der Waals surface area contributed by atoms with Gasteiger partial charge in [-0.25, -0.2) is 0 Å². The summed E-state index contributed by atoms with van der Waals surface area (Å²) in [7, 11) is 0. The van der Waals surface area contributed by atoms with E-state index < -0.39 is 12.0 Å². The average molecular weight is 222 g/mol. The van der Waals surface area contributed by atoms with Crippen molar-refractivity contribution < 1.29 is 14.7 Å². The van der Waals surface area contributed by atoms with E-state index in [1.807, 2.05) is 12.1 Å². The number of hydrogen-bond acceptors (Lipinski definition) is 3. The van der Waals surface area contributed by atoms with Crippen molar-refractivity contribution in [3.63, 3.8) is 0 Å². The Morgan fingerprint density at radius 1 is 1.44 bits per heavy atom. The van der Waals surface area contributed by atoms with Gasteiger partial charge in [-0.2, -0.15) is 0 Å². The topological polar surface area (TPSA) is 79.3 Å². The minimum absolute atomic E-state index is 0.258. The molecule has 0 fully saturated rings. The van der Waals surface area contributed by atoms with Crippen molar-refractivity contribution in [2.24, 2.45) is 0 Å². The first-order valence-corrected chi connectivity index (χ1v) is 5.00. The molecule has 16 heavy (non-hydrogen) atoms. The van der Waals surface area contributed by atoms with Crippen LogP contribution in [0, 0.1) is 0 Å². The second-order valence-corrected chi connectivity index (χ2v) is 3.48. The van der Waals surface area contributed by atoms with Gasteiger partial charge in [0.1, 0.15) is 6.04 Å². The predicted molar refractivity (Wildman–Crippen MR) is 57.8 cm³/mol. The van der Waals surface area contributed by atoms with Gasteiger partial charge in [0.25, 0.3) is 0 Å². The van der Waals surface area contributed by atoms with E-state index in [0.29, 0.717) is 6.42 Å². The quantitative estimate of drug-likeness (QED) is 0.764. The van der Waals surface area contributed by atoms with Gasteiger partial charge in [-0.05, 0) is 31.0 Å². The lowest BCUT2D eigenvalue weighted by Gasteiger charge is -2.08. The standard InChI is InChI=1S/C11H14N2O3/c1-8(11(15)16)13-10(14)3-2-9-4-6-12-7-5-9/h4-8H,2-3H2,1H3,(H,13,14)(H,15,16). The fraction of sp³-hybridized carbons (Fsp3) is 0.364. The molecule has 0 aromatic carbocycles. The van der Waals surface area contributed by atoms with Crippen LogP contribution in [0.5, 0.6) is 0 Å². The number of aliphatic carboxylic acids is 1. The highest BCUT2D eigenvalue weighted by molar-refractivity contribution is 5.83. The number of carbonyl (C=O) groups is 2. The summed E-state index contributed by atoms with van der Waals surface area (Å²) in [5.41, 5.74) is 1.01. The van der Waals surface area contributed by atoms with Crippen molar-refractivity contribution in [3.8, 4) is 0 Å². The zero-order valence-electron chi connectivity index (χ0n) is 9.01. The molecular formula is C11H14N2O3. The van der Waals surface area contributed by atoms with E-state index in [9.17, 15) is 9.59 Å². The SMILES string of the molecule is CC(NC(=O)CCc1ccncc1)C(=O)O. The fourth-order valence-electron chi connectivity index (χ4n) is 1.18. The zero-order chi connectivity index (χ0) is 12.0. The Morgan fingerprint density at radius 2 is 2.06 bits per heavy atom. The highest BCUT2D eigenvalue weighted by atomic mass is 16.4. The van der Waals surface area contributed by atoms with E-state index in [1.165, 1.54) is 6.92 Å². The molecule has 0 radical (unpaired) electrons. The zero-order valence-corrected chi connectivity index (χ0v) is 9.01. The van der Waals surface area contributed by atoms with Crippen molar-refractivity contribution in [2.75, 3.05) is 0 Å². The maximum absolute atomic E-state index is 11.3. The van der Waals surface area contributed by atoms with Gasteiger partial charge in [-0.1, -0.05) is 0 Å². The molecule has 0 saturated carbocycles. The molecule has 0 bridgehead atoms. The molecule has 1 amide bonds.